The topological polar surface area (TPSA) is 20.3 Å². The summed E-state index contributed by atoms with van der Waals surface area (Å²) in [7, 11) is 0. The van der Waals surface area contributed by atoms with Crippen molar-refractivity contribution in [3.05, 3.63) is 35.9 Å². The average Bonchev–Trinajstić information content (AvgIpc) is 2.92. The molecule has 0 saturated carbocycles. The first kappa shape index (κ1) is 14.4. The van der Waals surface area contributed by atoms with Crippen molar-refractivity contribution in [2.75, 3.05) is 0 Å². The highest BCUT2D eigenvalue weighted by molar-refractivity contribution is 5.85. The van der Waals surface area contributed by atoms with Crippen LogP contribution in [0.4, 0.5) is 0 Å². The molecule has 104 valence electrons. The zero-order valence-electron chi connectivity index (χ0n) is 11.6. The van der Waals surface area contributed by atoms with Crippen molar-refractivity contribution in [3.63, 3.8) is 0 Å². The molecule has 0 bridgehead atoms. The van der Waals surface area contributed by atoms with Crippen molar-refractivity contribution >= 4 is 18.3 Å². The van der Waals surface area contributed by atoms with E-state index >= 15 is 0 Å². The van der Waals surface area contributed by atoms with Gasteiger partial charge in [-0.2, -0.15) is 0 Å². The lowest BCUT2D eigenvalue weighted by atomic mass is 9.90. The molecule has 3 heteroatoms. The van der Waals surface area contributed by atoms with E-state index in [9.17, 15) is 4.79 Å². The van der Waals surface area contributed by atoms with E-state index in [1.165, 1.54) is 18.4 Å². The monoisotopic (exact) mass is 279 g/mol. The highest BCUT2D eigenvalue weighted by atomic mass is 35.5. The summed E-state index contributed by atoms with van der Waals surface area (Å²) < 4.78 is 0. The van der Waals surface area contributed by atoms with E-state index in [0.29, 0.717) is 36.2 Å². The van der Waals surface area contributed by atoms with Gasteiger partial charge < -0.3 is 4.90 Å². The Balaban J connectivity index is 0.00000133. The van der Waals surface area contributed by atoms with E-state index in [1.54, 1.807) is 0 Å². The van der Waals surface area contributed by atoms with Crippen molar-refractivity contribution in [2.45, 2.75) is 51.1 Å². The number of nitrogens with zero attached hydrogens (tertiary/aromatic N) is 1. The Morgan fingerprint density at radius 3 is 2.47 bits per heavy atom. The molecular formula is C16H22ClNO. The molecule has 3 unspecified atom stereocenters. The molecule has 1 aromatic rings. The number of carbonyl (C=O) groups is 1. The van der Waals surface area contributed by atoms with E-state index < -0.39 is 0 Å². The molecule has 2 heterocycles. The van der Waals surface area contributed by atoms with Crippen LogP contribution in [-0.4, -0.2) is 22.9 Å². The second-order valence-corrected chi connectivity index (χ2v) is 5.98. The summed E-state index contributed by atoms with van der Waals surface area (Å²) in [4.78, 5) is 14.5. The lowest BCUT2D eigenvalue weighted by Gasteiger charge is -2.28. The first-order chi connectivity index (χ1) is 8.68. The summed E-state index contributed by atoms with van der Waals surface area (Å²) in [5.41, 5.74) is 1.34. The van der Waals surface area contributed by atoms with Crippen LogP contribution in [0.15, 0.2) is 30.3 Å². The van der Waals surface area contributed by atoms with Gasteiger partial charge in [0.15, 0.2) is 0 Å². The molecule has 0 aliphatic carbocycles. The molecule has 0 radical (unpaired) electrons. The van der Waals surface area contributed by atoms with Gasteiger partial charge in [0.05, 0.1) is 0 Å². The number of fused-ring (bicyclic) bond motifs is 1. The van der Waals surface area contributed by atoms with Gasteiger partial charge in [0.2, 0.25) is 5.91 Å². The van der Waals surface area contributed by atoms with Crippen LogP contribution in [0.1, 0.15) is 44.6 Å². The molecule has 1 aromatic carbocycles. The molecule has 2 saturated heterocycles. The molecule has 0 N–H and O–H groups in total. The van der Waals surface area contributed by atoms with E-state index in [0.717, 1.165) is 0 Å². The Morgan fingerprint density at radius 1 is 1.16 bits per heavy atom. The fourth-order valence-corrected chi connectivity index (χ4v) is 3.75. The van der Waals surface area contributed by atoms with Gasteiger partial charge in [-0.3, -0.25) is 4.79 Å². The minimum absolute atomic E-state index is 0. The first-order valence-corrected chi connectivity index (χ1v) is 7.04. The van der Waals surface area contributed by atoms with Crippen LogP contribution in [0.25, 0.3) is 0 Å². The van der Waals surface area contributed by atoms with Crippen LogP contribution in [0.5, 0.6) is 0 Å². The molecule has 3 atom stereocenters. The third-order valence-electron chi connectivity index (χ3n) is 4.62. The smallest absolute Gasteiger partial charge is 0.223 e. The maximum absolute atomic E-state index is 12.3. The fourth-order valence-electron chi connectivity index (χ4n) is 3.75. The average molecular weight is 280 g/mol. The van der Waals surface area contributed by atoms with E-state index in [-0.39, 0.29) is 12.4 Å². The predicted molar refractivity (Wildman–Crippen MR) is 79.5 cm³/mol. The molecule has 2 nitrogen and oxygen atoms in total. The number of amides is 1. The van der Waals surface area contributed by atoms with E-state index in [1.807, 2.05) is 6.07 Å². The molecule has 0 aromatic heterocycles. The van der Waals surface area contributed by atoms with Crippen molar-refractivity contribution in [1.82, 2.24) is 4.90 Å². The van der Waals surface area contributed by atoms with Crippen molar-refractivity contribution < 1.29 is 4.79 Å². The van der Waals surface area contributed by atoms with Gasteiger partial charge in [0, 0.05) is 24.4 Å². The largest absolute Gasteiger partial charge is 0.336 e. The Kier molecular flexibility index (Phi) is 4.19. The van der Waals surface area contributed by atoms with Crippen molar-refractivity contribution in [1.29, 1.82) is 0 Å². The third kappa shape index (κ3) is 2.38. The van der Waals surface area contributed by atoms with E-state index in [2.05, 4.69) is 43.0 Å². The van der Waals surface area contributed by atoms with Crippen molar-refractivity contribution in [2.24, 2.45) is 5.92 Å². The molecule has 0 spiro atoms. The number of halogens is 1. The number of benzene rings is 1. The van der Waals surface area contributed by atoms with Gasteiger partial charge >= 0.3 is 0 Å². The summed E-state index contributed by atoms with van der Waals surface area (Å²) in [6.07, 6.45) is 3.06. The molecule has 2 aliphatic rings. The van der Waals surface area contributed by atoms with Crippen LogP contribution in [0.2, 0.25) is 0 Å². The minimum atomic E-state index is 0. The Bertz CT molecular complexity index is 445. The summed E-state index contributed by atoms with van der Waals surface area (Å²) in [5.74, 6) is 1.36. The van der Waals surface area contributed by atoms with Crippen LogP contribution < -0.4 is 0 Å². The van der Waals surface area contributed by atoms with Gasteiger partial charge in [-0.25, -0.2) is 0 Å². The quantitative estimate of drug-likeness (QED) is 0.810. The van der Waals surface area contributed by atoms with Crippen LogP contribution >= 0.6 is 12.4 Å². The molecule has 1 amide bonds. The van der Waals surface area contributed by atoms with Crippen LogP contribution in [0.3, 0.4) is 0 Å². The zero-order chi connectivity index (χ0) is 12.7. The summed E-state index contributed by atoms with van der Waals surface area (Å²) in [6.45, 7) is 4.46. The van der Waals surface area contributed by atoms with Gasteiger partial charge in [-0.05, 0) is 24.3 Å². The third-order valence-corrected chi connectivity index (χ3v) is 4.62. The van der Waals surface area contributed by atoms with Gasteiger partial charge in [0.25, 0.3) is 0 Å². The minimum Gasteiger partial charge on any atom is -0.336 e. The molecule has 19 heavy (non-hydrogen) atoms. The maximum atomic E-state index is 12.3. The SMILES string of the molecule is CC(C)C1CCC2C(c3ccccc3)CC(=O)N12.Cl. The summed E-state index contributed by atoms with van der Waals surface area (Å²) in [5, 5.41) is 0. The number of carbonyl (C=O) groups excluding carboxylic acids is 1. The lowest BCUT2D eigenvalue weighted by Crippen LogP contribution is -2.38. The maximum Gasteiger partial charge on any atom is 0.223 e. The second kappa shape index (κ2) is 5.54. The highest BCUT2D eigenvalue weighted by Gasteiger charge is 2.48. The Hall–Kier alpha value is -1.02. The Labute approximate surface area is 121 Å². The molecule has 3 rings (SSSR count). The highest BCUT2D eigenvalue weighted by Crippen LogP contribution is 2.44. The number of hydrogen-bond donors (Lipinski definition) is 0. The second-order valence-electron chi connectivity index (χ2n) is 5.98. The van der Waals surface area contributed by atoms with Crippen molar-refractivity contribution in [3.8, 4) is 0 Å². The lowest BCUT2D eigenvalue weighted by molar-refractivity contribution is -0.130. The normalized spacial score (nSPS) is 29.5. The zero-order valence-corrected chi connectivity index (χ0v) is 12.4. The number of hydrogen-bond acceptors (Lipinski definition) is 1. The standard InChI is InChI=1S/C16H21NO.ClH/c1-11(2)14-8-9-15-13(10-16(18)17(14)15)12-6-4-3-5-7-12;/h3-7,11,13-15H,8-10H2,1-2H3;1H. The van der Waals surface area contributed by atoms with E-state index in [4.69, 9.17) is 0 Å². The van der Waals surface area contributed by atoms with Gasteiger partial charge in [-0.15, -0.1) is 12.4 Å². The predicted octanol–water partition coefficient (Wildman–Crippen LogP) is 3.61. The molecular weight excluding hydrogens is 258 g/mol. The van der Waals surface area contributed by atoms with Gasteiger partial charge in [0.1, 0.15) is 0 Å². The Morgan fingerprint density at radius 2 is 1.84 bits per heavy atom. The van der Waals surface area contributed by atoms with Crippen LogP contribution in [0, 0.1) is 5.92 Å². The summed E-state index contributed by atoms with van der Waals surface area (Å²) >= 11 is 0. The van der Waals surface area contributed by atoms with Gasteiger partial charge in [-0.1, -0.05) is 44.2 Å². The van der Waals surface area contributed by atoms with Crippen LogP contribution in [-0.2, 0) is 4.79 Å². The molecule has 2 aliphatic heterocycles. The fraction of sp³-hybridized carbons (Fsp3) is 0.562. The molecule has 2 fully saturated rings. The first-order valence-electron chi connectivity index (χ1n) is 7.04. The summed E-state index contributed by atoms with van der Waals surface area (Å²) in [6, 6.07) is 11.5. The number of rotatable bonds is 2.